The maximum Gasteiger partial charge on any atom is 0.136 e. The normalized spacial score (nSPS) is 9.31. The molecule has 0 bridgehead atoms. The molecule has 0 fully saturated rings. The van der Waals surface area contributed by atoms with Crippen molar-refractivity contribution < 1.29 is 5.11 Å². The Morgan fingerprint density at radius 2 is 2.15 bits per heavy atom. The van der Waals surface area contributed by atoms with Gasteiger partial charge in [0.25, 0.3) is 0 Å². The fraction of sp³-hybridized carbons (Fsp3) is 0.182. The minimum atomic E-state index is 0.0583. The first kappa shape index (κ1) is 9.34. The van der Waals surface area contributed by atoms with Gasteiger partial charge in [-0.3, -0.25) is 0 Å². The van der Waals surface area contributed by atoms with Crippen molar-refractivity contribution in [1.82, 2.24) is 0 Å². The van der Waals surface area contributed by atoms with E-state index < -0.39 is 0 Å². The maximum absolute atomic E-state index is 9.56. The molecule has 0 aliphatic rings. The smallest absolute Gasteiger partial charge is 0.136 e. The van der Waals surface area contributed by atoms with Crippen LogP contribution in [0.25, 0.3) is 5.57 Å². The zero-order valence-electron chi connectivity index (χ0n) is 7.76. The van der Waals surface area contributed by atoms with Crippen molar-refractivity contribution in [3.63, 3.8) is 0 Å². The highest BCUT2D eigenvalue weighted by Crippen LogP contribution is 2.28. The van der Waals surface area contributed by atoms with Crippen molar-refractivity contribution in [3.8, 4) is 11.8 Å². The number of hydrogen-bond acceptors (Lipinski definition) is 2. The third-order valence-electron chi connectivity index (χ3n) is 1.95. The summed E-state index contributed by atoms with van der Waals surface area (Å²) >= 11 is 0. The van der Waals surface area contributed by atoms with Crippen LogP contribution in [-0.4, -0.2) is 5.11 Å². The van der Waals surface area contributed by atoms with E-state index in [0.717, 1.165) is 5.57 Å². The topological polar surface area (TPSA) is 44.0 Å². The molecule has 0 spiro atoms. The van der Waals surface area contributed by atoms with Crippen molar-refractivity contribution in [2.75, 3.05) is 0 Å². The van der Waals surface area contributed by atoms with Crippen LogP contribution >= 0.6 is 0 Å². The van der Waals surface area contributed by atoms with E-state index in [1.165, 1.54) is 0 Å². The summed E-state index contributed by atoms with van der Waals surface area (Å²) in [5.74, 6) is 0.0583. The molecule has 2 nitrogen and oxygen atoms in total. The van der Waals surface area contributed by atoms with Crippen molar-refractivity contribution in [2.24, 2.45) is 0 Å². The van der Waals surface area contributed by atoms with Gasteiger partial charge in [0.15, 0.2) is 0 Å². The predicted molar refractivity (Wildman–Crippen MR) is 52.3 cm³/mol. The minimum Gasteiger partial charge on any atom is -0.506 e. The van der Waals surface area contributed by atoms with Gasteiger partial charge in [0.05, 0.1) is 0 Å². The molecule has 1 N–H and O–H groups in total. The number of nitriles is 1. The van der Waals surface area contributed by atoms with Gasteiger partial charge in [-0.05, 0) is 30.5 Å². The molecule has 0 aromatic heterocycles. The standard InChI is InChI=1S/C11H11NO/c1-7(2)9-5-4-8(3)11(13)10(9)6-12/h4-5,13H,1H2,2-3H3. The number of allylic oxidation sites excluding steroid dienone is 1. The molecule has 0 unspecified atom stereocenters. The van der Waals surface area contributed by atoms with E-state index in [4.69, 9.17) is 5.26 Å². The summed E-state index contributed by atoms with van der Waals surface area (Å²) in [7, 11) is 0. The first-order valence-electron chi connectivity index (χ1n) is 3.96. The van der Waals surface area contributed by atoms with Gasteiger partial charge >= 0.3 is 0 Å². The van der Waals surface area contributed by atoms with Gasteiger partial charge in [0.2, 0.25) is 0 Å². The van der Waals surface area contributed by atoms with Gasteiger partial charge in [-0.2, -0.15) is 5.26 Å². The Labute approximate surface area is 77.8 Å². The second kappa shape index (κ2) is 3.32. The summed E-state index contributed by atoms with van der Waals surface area (Å²) in [6.07, 6.45) is 0. The molecule has 1 aromatic carbocycles. The molecular weight excluding hydrogens is 162 g/mol. The summed E-state index contributed by atoms with van der Waals surface area (Å²) < 4.78 is 0. The third-order valence-corrected chi connectivity index (χ3v) is 1.95. The second-order valence-corrected chi connectivity index (χ2v) is 3.05. The summed E-state index contributed by atoms with van der Waals surface area (Å²) in [5, 5.41) is 18.4. The number of nitrogens with zero attached hydrogens (tertiary/aromatic N) is 1. The maximum atomic E-state index is 9.56. The van der Waals surface area contributed by atoms with E-state index in [0.29, 0.717) is 16.7 Å². The first-order valence-corrected chi connectivity index (χ1v) is 3.96. The lowest BCUT2D eigenvalue weighted by Crippen LogP contribution is -1.89. The van der Waals surface area contributed by atoms with Crippen LogP contribution in [0.3, 0.4) is 0 Å². The average Bonchev–Trinajstić information content (AvgIpc) is 2.09. The number of benzene rings is 1. The van der Waals surface area contributed by atoms with E-state index in [9.17, 15) is 5.11 Å². The molecule has 0 aliphatic heterocycles. The van der Waals surface area contributed by atoms with Gasteiger partial charge in [-0.15, -0.1) is 0 Å². The van der Waals surface area contributed by atoms with Crippen LogP contribution < -0.4 is 0 Å². The van der Waals surface area contributed by atoms with Crippen molar-refractivity contribution in [3.05, 3.63) is 35.4 Å². The molecule has 13 heavy (non-hydrogen) atoms. The lowest BCUT2D eigenvalue weighted by atomic mass is 9.99. The van der Waals surface area contributed by atoms with Crippen LogP contribution in [0.4, 0.5) is 0 Å². The van der Waals surface area contributed by atoms with Gasteiger partial charge in [-0.1, -0.05) is 18.7 Å². The fourth-order valence-electron chi connectivity index (χ4n) is 1.16. The quantitative estimate of drug-likeness (QED) is 0.709. The summed E-state index contributed by atoms with van der Waals surface area (Å²) in [6, 6.07) is 5.55. The first-order chi connectivity index (χ1) is 6.07. The van der Waals surface area contributed by atoms with E-state index in [2.05, 4.69) is 6.58 Å². The molecule has 1 aromatic rings. The van der Waals surface area contributed by atoms with Crippen molar-refractivity contribution in [2.45, 2.75) is 13.8 Å². The Bertz CT molecular complexity index is 399. The molecule has 0 saturated heterocycles. The van der Waals surface area contributed by atoms with Gasteiger partial charge in [-0.25, -0.2) is 0 Å². The molecule has 0 aliphatic carbocycles. The highest BCUT2D eigenvalue weighted by molar-refractivity contribution is 5.71. The third kappa shape index (κ3) is 1.54. The molecule has 0 amide bonds. The Balaban J connectivity index is 3.50. The summed E-state index contributed by atoms with van der Waals surface area (Å²) in [4.78, 5) is 0. The fourth-order valence-corrected chi connectivity index (χ4v) is 1.16. The SMILES string of the molecule is C=C(C)c1ccc(C)c(O)c1C#N. The highest BCUT2D eigenvalue weighted by atomic mass is 16.3. The second-order valence-electron chi connectivity index (χ2n) is 3.05. The monoisotopic (exact) mass is 173 g/mol. The average molecular weight is 173 g/mol. The summed E-state index contributed by atoms with van der Waals surface area (Å²) in [5.41, 5.74) is 2.52. The van der Waals surface area contributed by atoms with Crippen LogP contribution in [0.1, 0.15) is 23.6 Å². The molecule has 0 heterocycles. The number of aromatic hydroxyl groups is 1. The Morgan fingerprint density at radius 3 is 2.62 bits per heavy atom. The zero-order valence-corrected chi connectivity index (χ0v) is 7.76. The molecule has 2 heteroatoms. The van der Waals surface area contributed by atoms with Crippen LogP contribution in [0, 0.1) is 18.3 Å². The number of phenolic OH excluding ortho intramolecular Hbond substituents is 1. The van der Waals surface area contributed by atoms with Crippen LogP contribution in [0.5, 0.6) is 5.75 Å². The number of hydrogen-bond donors (Lipinski definition) is 1. The highest BCUT2D eigenvalue weighted by Gasteiger charge is 2.09. The van der Waals surface area contributed by atoms with Crippen LogP contribution in [0.2, 0.25) is 0 Å². The van der Waals surface area contributed by atoms with Crippen molar-refractivity contribution >= 4 is 5.57 Å². The molecule has 0 radical (unpaired) electrons. The summed E-state index contributed by atoms with van der Waals surface area (Å²) in [6.45, 7) is 7.32. The zero-order chi connectivity index (χ0) is 10.0. The molecule has 0 saturated carbocycles. The van der Waals surface area contributed by atoms with Crippen molar-refractivity contribution in [1.29, 1.82) is 5.26 Å². The largest absolute Gasteiger partial charge is 0.506 e. The lowest BCUT2D eigenvalue weighted by molar-refractivity contribution is 0.469. The number of rotatable bonds is 1. The van der Waals surface area contributed by atoms with Gasteiger partial charge < -0.3 is 5.11 Å². The van der Waals surface area contributed by atoms with Crippen LogP contribution in [-0.2, 0) is 0 Å². The Kier molecular flexibility index (Phi) is 2.39. The number of phenols is 1. The molecule has 66 valence electrons. The van der Waals surface area contributed by atoms with E-state index >= 15 is 0 Å². The molecule has 1 rings (SSSR count). The predicted octanol–water partition coefficient (Wildman–Crippen LogP) is 2.61. The lowest BCUT2D eigenvalue weighted by Gasteiger charge is -2.06. The Hall–Kier alpha value is -1.75. The molecular formula is C11H11NO. The van der Waals surface area contributed by atoms with Gasteiger partial charge in [0, 0.05) is 0 Å². The van der Waals surface area contributed by atoms with E-state index in [-0.39, 0.29) is 5.75 Å². The van der Waals surface area contributed by atoms with Gasteiger partial charge in [0.1, 0.15) is 17.4 Å². The minimum absolute atomic E-state index is 0.0583. The van der Waals surface area contributed by atoms with E-state index in [1.807, 2.05) is 13.0 Å². The molecule has 0 atom stereocenters. The number of aryl methyl sites for hydroxylation is 1. The van der Waals surface area contributed by atoms with E-state index in [1.54, 1.807) is 19.1 Å². The Morgan fingerprint density at radius 1 is 1.54 bits per heavy atom. The van der Waals surface area contributed by atoms with Crippen LogP contribution in [0.15, 0.2) is 18.7 Å².